The van der Waals surface area contributed by atoms with E-state index in [0.29, 0.717) is 5.69 Å². The van der Waals surface area contributed by atoms with Crippen molar-refractivity contribution in [3.05, 3.63) is 65.7 Å². The summed E-state index contributed by atoms with van der Waals surface area (Å²) in [5.41, 5.74) is 5.39. The molecule has 2 aromatic carbocycles. The first kappa shape index (κ1) is 18.9. The van der Waals surface area contributed by atoms with Crippen LogP contribution in [0.5, 0.6) is 0 Å². The maximum absolute atomic E-state index is 12.4. The molecule has 0 saturated carbocycles. The van der Waals surface area contributed by atoms with E-state index in [1.807, 2.05) is 68.4 Å². The van der Waals surface area contributed by atoms with E-state index in [1.165, 1.54) is 12.8 Å². The topological polar surface area (TPSA) is 70.2 Å². The molecule has 148 valence electrons. The number of carbonyl (C=O) groups excluding carboxylic acids is 1. The number of anilines is 3. The third-order valence-corrected chi connectivity index (χ3v) is 5.13. The first-order chi connectivity index (χ1) is 14.1. The second-order valence-electron chi connectivity index (χ2n) is 7.45. The molecule has 0 atom stereocenters. The zero-order valence-electron chi connectivity index (χ0n) is 16.8. The Labute approximate surface area is 171 Å². The molecule has 1 fully saturated rings. The first-order valence-corrected chi connectivity index (χ1v) is 9.93. The maximum Gasteiger partial charge on any atom is 0.323 e. The molecule has 0 radical (unpaired) electrons. The summed E-state index contributed by atoms with van der Waals surface area (Å²) in [6, 6.07) is 17.3. The van der Waals surface area contributed by atoms with Crippen LogP contribution in [0.1, 0.15) is 24.0 Å². The van der Waals surface area contributed by atoms with Gasteiger partial charge in [0.25, 0.3) is 0 Å². The highest BCUT2D eigenvalue weighted by Gasteiger charge is 2.14. The van der Waals surface area contributed by atoms with Crippen molar-refractivity contribution < 1.29 is 4.79 Å². The lowest BCUT2D eigenvalue weighted by Crippen LogP contribution is -2.20. The summed E-state index contributed by atoms with van der Waals surface area (Å²) in [7, 11) is 0. The summed E-state index contributed by atoms with van der Waals surface area (Å²) >= 11 is 0. The lowest BCUT2D eigenvalue weighted by atomic mass is 10.1. The Morgan fingerprint density at radius 3 is 2.48 bits per heavy atom. The van der Waals surface area contributed by atoms with Gasteiger partial charge in [0.2, 0.25) is 0 Å². The molecule has 29 heavy (non-hydrogen) atoms. The van der Waals surface area contributed by atoms with Gasteiger partial charge in [0.1, 0.15) is 0 Å². The minimum absolute atomic E-state index is 0.274. The number of aromatic nitrogens is 2. The van der Waals surface area contributed by atoms with E-state index in [-0.39, 0.29) is 6.03 Å². The van der Waals surface area contributed by atoms with Crippen molar-refractivity contribution in [1.29, 1.82) is 0 Å². The Balaban J connectivity index is 1.44. The molecule has 0 spiro atoms. The molecule has 1 aliphatic rings. The average molecular weight is 387 g/mol. The summed E-state index contributed by atoms with van der Waals surface area (Å²) in [4.78, 5) is 14.7. The van der Waals surface area contributed by atoms with E-state index in [2.05, 4.69) is 25.7 Å². The fourth-order valence-electron chi connectivity index (χ4n) is 3.59. The normalized spacial score (nSPS) is 13.4. The Morgan fingerprint density at radius 1 is 0.931 bits per heavy atom. The molecular weight excluding hydrogens is 362 g/mol. The predicted octanol–water partition coefficient (Wildman–Crippen LogP) is 5.00. The van der Waals surface area contributed by atoms with Gasteiger partial charge < -0.3 is 15.5 Å². The number of benzene rings is 2. The van der Waals surface area contributed by atoms with Gasteiger partial charge >= 0.3 is 6.03 Å². The number of nitrogens with one attached hydrogen (secondary N) is 2. The smallest absolute Gasteiger partial charge is 0.323 e. The molecule has 1 aromatic heterocycles. The first-order valence-electron chi connectivity index (χ1n) is 9.93. The minimum Gasteiger partial charge on any atom is -0.355 e. The molecule has 2 amide bonds. The molecule has 2 heterocycles. The van der Waals surface area contributed by atoms with Gasteiger partial charge in [-0.1, -0.05) is 29.8 Å². The SMILES string of the molecule is Cc1ccc(NC(=O)Nc2cccc(-c3ccc(N4CCCC4)nn3)c2)c(C)c1. The van der Waals surface area contributed by atoms with Gasteiger partial charge in [-0.2, -0.15) is 0 Å². The molecular formula is C23H25N5O. The van der Waals surface area contributed by atoms with E-state index in [0.717, 1.165) is 47.0 Å². The van der Waals surface area contributed by atoms with E-state index in [4.69, 9.17) is 0 Å². The molecule has 0 unspecified atom stereocenters. The van der Waals surface area contributed by atoms with Crippen LogP contribution in [0.25, 0.3) is 11.3 Å². The van der Waals surface area contributed by atoms with Gasteiger partial charge in [-0.25, -0.2) is 4.79 Å². The fraction of sp³-hybridized carbons (Fsp3) is 0.261. The van der Waals surface area contributed by atoms with Crippen LogP contribution >= 0.6 is 0 Å². The van der Waals surface area contributed by atoms with Crippen molar-refractivity contribution in [1.82, 2.24) is 10.2 Å². The van der Waals surface area contributed by atoms with E-state index < -0.39 is 0 Å². The van der Waals surface area contributed by atoms with Crippen molar-refractivity contribution in [2.45, 2.75) is 26.7 Å². The molecule has 3 aromatic rings. The molecule has 1 saturated heterocycles. The summed E-state index contributed by atoms with van der Waals surface area (Å²) in [6.07, 6.45) is 2.42. The Bertz CT molecular complexity index is 1010. The van der Waals surface area contributed by atoms with Crippen LogP contribution in [-0.4, -0.2) is 29.3 Å². The van der Waals surface area contributed by atoms with Crippen LogP contribution in [0.15, 0.2) is 54.6 Å². The lowest BCUT2D eigenvalue weighted by Gasteiger charge is -2.15. The van der Waals surface area contributed by atoms with Crippen LogP contribution in [0, 0.1) is 13.8 Å². The fourth-order valence-corrected chi connectivity index (χ4v) is 3.59. The van der Waals surface area contributed by atoms with Gasteiger partial charge in [-0.3, -0.25) is 0 Å². The van der Waals surface area contributed by atoms with Crippen molar-refractivity contribution in [2.24, 2.45) is 0 Å². The minimum atomic E-state index is -0.274. The maximum atomic E-state index is 12.4. The lowest BCUT2D eigenvalue weighted by molar-refractivity contribution is 0.262. The molecule has 6 heteroatoms. The standard InChI is InChI=1S/C23H25N5O/c1-16-8-9-20(17(2)14-16)25-23(29)24-19-7-5-6-18(15-19)21-10-11-22(27-26-21)28-12-3-4-13-28/h5-11,14-15H,3-4,12-13H2,1-2H3,(H2,24,25,29). The van der Waals surface area contributed by atoms with Crippen molar-refractivity contribution >= 4 is 23.2 Å². The van der Waals surface area contributed by atoms with Gasteiger partial charge in [-0.15, -0.1) is 10.2 Å². The highest BCUT2D eigenvalue weighted by Crippen LogP contribution is 2.23. The number of amides is 2. The highest BCUT2D eigenvalue weighted by molar-refractivity contribution is 6.00. The van der Waals surface area contributed by atoms with Crippen LogP contribution in [0.3, 0.4) is 0 Å². The predicted molar refractivity (Wildman–Crippen MR) is 117 cm³/mol. The quantitative estimate of drug-likeness (QED) is 0.661. The number of nitrogens with zero attached hydrogens (tertiary/aromatic N) is 3. The third kappa shape index (κ3) is 4.54. The summed E-state index contributed by atoms with van der Waals surface area (Å²) in [6.45, 7) is 6.10. The molecule has 1 aliphatic heterocycles. The van der Waals surface area contributed by atoms with Gasteiger partial charge in [0.15, 0.2) is 5.82 Å². The van der Waals surface area contributed by atoms with Crippen LogP contribution in [0.2, 0.25) is 0 Å². The number of carbonyl (C=O) groups is 1. The van der Waals surface area contributed by atoms with E-state index in [9.17, 15) is 4.79 Å². The third-order valence-electron chi connectivity index (χ3n) is 5.13. The summed E-state index contributed by atoms with van der Waals surface area (Å²) in [5, 5.41) is 14.6. The van der Waals surface area contributed by atoms with Gasteiger partial charge in [0, 0.05) is 30.0 Å². The molecule has 4 rings (SSSR count). The number of urea groups is 1. The summed E-state index contributed by atoms with van der Waals surface area (Å²) < 4.78 is 0. The second kappa shape index (κ2) is 8.31. The van der Waals surface area contributed by atoms with E-state index in [1.54, 1.807) is 0 Å². The average Bonchev–Trinajstić information content (AvgIpc) is 3.25. The number of rotatable bonds is 4. The zero-order valence-corrected chi connectivity index (χ0v) is 16.8. The van der Waals surface area contributed by atoms with Crippen molar-refractivity contribution in [3.8, 4) is 11.3 Å². The number of aryl methyl sites for hydroxylation is 2. The van der Waals surface area contributed by atoms with Gasteiger partial charge in [-0.05, 0) is 62.6 Å². The van der Waals surface area contributed by atoms with Crippen LogP contribution in [-0.2, 0) is 0 Å². The van der Waals surface area contributed by atoms with E-state index >= 15 is 0 Å². The zero-order chi connectivity index (χ0) is 20.2. The van der Waals surface area contributed by atoms with Crippen LogP contribution < -0.4 is 15.5 Å². The van der Waals surface area contributed by atoms with Crippen molar-refractivity contribution in [3.63, 3.8) is 0 Å². The molecule has 0 bridgehead atoms. The van der Waals surface area contributed by atoms with Gasteiger partial charge in [0.05, 0.1) is 5.69 Å². The van der Waals surface area contributed by atoms with Crippen LogP contribution in [0.4, 0.5) is 22.0 Å². The molecule has 0 aliphatic carbocycles. The highest BCUT2D eigenvalue weighted by atomic mass is 16.2. The molecule has 2 N–H and O–H groups in total. The Hall–Kier alpha value is -3.41. The number of hydrogen-bond acceptors (Lipinski definition) is 4. The number of hydrogen-bond donors (Lipinski definition) is 2. The second-order valence-corrected chi connectivity index (χ2v) is 7.45. The molecule has 6 nitrogen and oxygen atoms in total. The summed E-state index contributed by atoms with van der Waals surface area (Å²) in [5.74, 6) is 0.924. The monoisotopic (exact) mass is 387 g/mol. The Morgan fingerprint density at radius 2 is 1.76 bits per heavy atom. The van der Waals surface area contributed by atoms with Crippen molar-refractivity contribution in [2.75, 3.05) is 28.6 Å². The largest absolute Gasteiger partial charge is 0.355 e. The Kier molecular flexibility index (Phi) is 5.42.